The van der Waals surface area contributed by atoms with E-state index in [-0.39, 0.29) is 11.7 Å². The molecule has 0 bridgehead atoms. The van der Waals surface area contributed by atoms with Crippen molar-refractivity contribution in [3.63, 3.8) is 0 Å². The number of aryl methyl sites for hydroxylation is 1. The molecule has 3 aromatic rings. The number of amides is 1. The van der Waals surface area contributed by atoms with E-state index in [1.165, 1.54) is 12.1 Å². The summed E-state index contributed by atoms with van der Waals surface area (Å²) in [7, 11) is 0. The third-order valence-electron chi connectivity index (χ3n) is 3.37. The van der Waals surface area contributed by atoms with Crippen LogP contribution in [0.2, 0.25) is 0 Å². The highest BCUT2D eigenvalue weighted by atomic mass is 19.1. The molecule has 1 N–H and O–H groups in total. The van der Waals surface area contributed by atoms with Gasteiger partial charge in [-0.25, -0.2) is 9.07 Å². The number of aromatic nitrogens is 3. The van der Waals surface area contributed by atoms with Gasteiger partial charge in [-0.1, -0.05) is 6.07 Å². The molecule has 2 heterocycles. The largest absolute Gasteiger partial charge is 0.347 e. The fraction of sp³-hybridized carbons (Fsp3) is 0.118. The molecular formula is C17H15FN4O. The van der Waals surface area contributed by atoms with Gasteiger partial charge in [-0.3, -0.25) is 9.78 Å². The van der Waals surface area contributed by atoms with Crippen LogP contribution in [0.3, 0.4) is 0 Å². The first-order chi connectivity index (χ1) is 11.1. The highest BCUT2D eigenvalue weighted by Crippen LogP contribution is 2.13. The van der Waals surface area contributed by atoms with Crippen molar-refractivity contribution in [2.45, 2.75) is 13.5 Å². The Morgan fingerprint density at radius 2 is 2.04 bits per heavy atom. The minimum Gasteiger partial charge on any atom is -0.347 e. The number of carbonyl (C=O) groups is 1. The summed E-state index contributed by atoms with van der Waals surface area (Å²) in [5.74, 6) is -0.578. The molecule has 5 nitrogen and oxygen atoms in total. The first-order valence-electron chi connectivity index (χ1n) is 7.13. The van der Waals surface area contributed by atoms with E-state index in [0.717, 1.165) is 11.3 Å². The number of halogens is 1. The van der Waals surface area contributed by atoms with Gasteiger partial charge in [0.05, 0.1) is 5.69 Å². The summed E-state index contributed by atoms with van der Waals surface area (Å²) in [6.45, 7) is 2.23. The number of nitrogens with one attached hydrogen (secondary N) is 1. The summed E-state index contributed by atoms with van der Waals surface area (Å²) >= 11 is 0. The number of hydrogen-bond donors (Lipinski definition) is 1. The van der Waals surface area contributed by atoms with Gasteiger partial charge in [-0.15, -0.1) is 0 Å². The molecule has 0 saturated carbocycles. The van der Waals surface area contributed by atoms with E-state index in [1.807, 2.05) is 19.1 Å². The Morgan fingerprint density at radius 1 is 1.26 bits per heavy atom. The Labute approximate surface area is 132 Å². The SMILES string of the molecule is Cc1cc(C(=O)NCc2cccnc2)nn1-c1ccc(F)cc1. The molecule has 0 radical (unpaired) electrons. The summed E-state index contributed by atoms with van der Waals surface area (Å²) in [4.78, 5) is 16.2. The fourth-order valence-corrected chi connectivity index (χ4v) is 2.20. The van der Waals surface area contributed by atoms with E-state index in [2.05, 4.69) is 15.4 Å². The molecule has 0 fully saturated rings. The van der Waals surface area contributed by atoms with Crippen molar-refractivity contribution in [1.82, 2.24) is 20.1 Å². The number of rotatable bonds is 4. The minimum absolute atomic E-state index is 0.266. The van der Waals surface area contributed by atoms with Crippen LogP contribution >= 0.6 is 0 Å². The van der Waals surface area contributed by atoms with Crippen LogP contribution < -0.4 is 5.32 Å². The molecule has 23 heavy (non-hydrogen) atoms. The standard InChI is InChI=1S/C17H15FN4O/c1-12-9-16(17(23)20-11-13-3-2-8-19-10-13)21-22(12)15-6-4-14(18)5-7-15/h2-10H,11H2,1H3,(H,20,23). The van der Waals surface area contributed by atoms with Crippen LogP contribution in [0.4, 0.5) is 4.39 Å². The van der Waals surface area contributed by atoms with Crippen molar-refractivity contribution in [3.05, 3.63) is 77.6 Å². The number of hydrogen-bond acceptors (Lipinski definition) is 3. The maximum absolute atomic E-state index is 13.0. The van der Waals surface area contributed by atoms with Crippen LogP contribution in [-0.2, 0) is 6.54 Å². The van der Waals surface area contributed by atoms with Crippen molar-refractivity contribution in [3.8, 4) is 5.69 Å². The van der Waals surface area contributed by atoms with Crippen molar-refractivity contribution in [1.29, 1.82) is 0 Å². The summed E-state index contributed by atoms with van der Waals surface area (Å²) in [6, 6.07) is 11.4. The quantitative estimate of drug-likeness (QED) is 0.806. The lowest BCUT2D eigenvalue weighted by Gasteiger charge is -2.04. The predicted molar refractivity (Wildman–Crippen MR) is 83.7 cm³/mol. The zero-order valence-electron chi connectivity index (χ0n) is 12.5. The molecular weight excluding hydrogens is 295 g/mol. The zero-order valence-corrected chi connectivity index (χ0v) is 12.5. The van der Waals surface area contributed by atoms with Gasteiger partial charge in [-0.2, -0.15) is 5.10 Å². The molecule has 0 aliphatic carbocycles. The molecule has 3 rings (SSSR count). The normalized spacial score (nSPS) is 10.5. The van der Waals surface area contributed by atoms with Crippen LogP contribution in [-0.4, -0.2) is 20.7 Å². The average molecular weight is 310 g/mol. The summed E-state index contributed by atoms with van der Waals surface area (Å²) in [6.07, 6.45) is 3.38. The minimum atomic E-state index is -0.312. The lowest BCUT2D eigenvalue weighted by atomic mass is 10.3. The summed E-state index contributed by atoms with van der Waals surface area (Å²) in [5, 5.41) is 7.09. The Kier molecular flexibility index (Phi) is 4.14. The molecule has 1 aromatic carbocycles. The second kappa shape index (κ2) is 6.39. The zero-order chi connectivity index (χ0) is 16.2. The molecule has 6 heteroatoms. The van der Waals surface area contributed by atoms with E-state index in [9.17, 15) is 9.18 Å². The van der Waals surface area contributed by atoms with Gasteiger partial charge < -0.3 is 5.32 Å². The highest BCUT2D eigenvalue weighted by molar-refractivity contribution is 5.92. The molecule has 0 atom stereocenters. The molecule has 0 saturated heterocycles. The molecule has 1 amide bonds. The van der Waals surface area contributed by atoms with Gasteiger partial charge in [0.25, 0.3) is 5.91 Å². The van der Waals surface area contributed by atoms with Gasteiger partial charge in [0, 0.05) is 24.6 Å². The topological polar surface area (TPSA) is 59.8 Å². The van der Waals surface area contributed by atoms with Crippen molar-refractivity contribution >= 4 is 5.91 Å². The Morgan fingerprint density at radius 3 is 2.74 bits per heavy atom. The first-order valence-corrected chi connectivity index (χ1v) is 7.13. The van der Waals surface area contributed by atoms with Gasteiger partial charge in [0.15, 0.2) is 5.69 Å². The lowest BCUT2D eigenvalue weighted by molar-refractivity contribution is 0.0945. The molecule has 0 spiro atoms. The summed E-state index contributed by atoms with van der Waals surface area (Å²) < 4.78 is 14.6. The Bertz CT molecular complexity index is 812. The maximum Gasteiger partial charge on any atom is 0.272 e. The number of carbonyl (C=O) groups excluding carboxylic acids is 1. The van der Waals surface area contributed by atoms with E-state index in [1.54, 1.807) is 35.3 Å². The Balaban J connectivity index is 1.75. The van der Waals surface area contributed by atoms with Gasteiger partial charge >= 0.3 is 0 Å². The van der Waals surface area contributed by atoms with E-state index >= 15 is 0 Å². The molecule has 2 aromatic heterocycles. The molecule has 116 valence electrons. The van der Waals surface area contributed by atoms with Crippen molar-refractivity contribution in [2.24, 2.45) is 0 Å². The first kappa shape index (κ1) is 14.9. The van der Waals surface area contributed by atoms with E-state index in [0.29, 0.717) is 17.9 Å². The van der Waals surface area contributed by atoms with Gasteiger partial charge in [-0.05, 0) is 48.9 Å². The smallest absolute Gasteiger partial charge is 0.272 e. The van der Waals surface area contributed by atoms with E-state index in [4.69, 9.17) is 0 Å². The van der Waals surface area contributed by atoms with Crippen LogP contribution in [0.25, 0.3) is 5.69 Å². The van der Waals surface area contributed by atoms with Crippen LogP contribution in [0.5, 0.6) is 0 Å². The fourth-order valence-electron chi connectivity index (χ4n) is 2.20. The van der Waals surface area contributed by atoms with Gasteiger partial charge in [0.1, 0.15) is 5.82 Å². The Hall–Kier alpha value is -3.02. The third kappa shape index (κ3) is 3.42. The molecule has 0 aliphatic heterocycles. The second-order valence-electron chi connectivity index (χ2n) is 5.10. The highest BCUT2D eigenvalue weighted by Gasteiger charge is 2.13. The van der Waals surface area contributed by atoms with E-state index < -0.39 is 0 Å². The lowest BCUT2D eigenvalue weighted by Crippen LogP contribution is -2.23. The monoisotopic (exact) mass is 310 g/mol. The second-order valence-corrected chi connectivity index (χ2v) is 5.10. The van der Waals surface area contributed by atoms with Crippen LogP contribution in [0, 0.1) is 12.7 Å². The van der Waals surface area contributed by atoms with Gasteiger partial charge in [0.2, 0.25) is 0 Å². The number of benzene rings is 1. The number of pyridine rings is 1. The maximum atomic E-state index is 13.0. The number of nitrogens with zero attached hydrogens (tertiary/aromatic N) is 3. The summed E-state index contributed by atoms with van der Waals surface area (Å²) in [5.41, 5.74) is 2.73. The molecule has 0 aliphatic rings. The van der Waals surface area contributed by atoms with Crippen molar-refractivity contribution in [2.75, 3.05) is 0 Å². The van der Waals surface area contributed by atoms with Crippen LogP contribution in [0.1, 0.15) is 21.7 Å². The van der Waals surface area contributed by atoms with Crippen molar-refractivity contribution < 1.29 is 9.18 Å². The predicted octanol–water partition coefficient (Wildman–Crippen LogP) is 2.64. The van der Waals surface area contributed by atoms with Crippen LogP contribution in [0.15, 0.2) is 54.9 Å². The average Bonchev–Trinajstić information content (AvgIpc) is 2.96. The third-order valence-corrected chi connectivity index (χ3v) is 3.37. The molecule has 0 unspecified atom stereocenters.